The number of hydrogen-bond acceptors (Lipinski definition) is 4. The van der Waals surface area contributed by atoms with Crippen molar-refractivity contribution in [2.24, 2.45) is 0 Å². The second-order valence-electron chi connectivity index (χ2n) is 7.13. The van der Waals surface area contributed by atoms with Gasteiger partial charge in [-0.15, -0.1) is 0 Å². The van der Waals surface area contributed by atoms with Crippen LogP contribution in [0.4, 0.5) is 13.2 Å². The molecule has 158 valence electrons. The van der Waals surface area contributed by atoms with Gasteiger partial charge in [0.15, 0.2) is 0 Å². The maximum absolute atomic E-state index is 13.0. The molecule has 0 saturated carbocycles. The van der Waals surface area contributed by atoms with Gasteiger partial charge in [0.1, 0.15) is 11.3 Å². The molecule has 4 rings (SSSR count). The third-order valence-corrected chi connectivity index (χ3v) is 5.14. The molecule has 0 fully saturated rings. The van der Waals surface area contributed by atoms with Crippen LogP contribution in [0.25, 0.3) is 22.2 Å². The molecule has 0 atom stereocenters. The third-order valence-electron chi connectivity index (χ3n) is 5.14. The van der Waals surface area contributed by atoms with Crippen LogP contribution in [0.5, 0.6) is 0 Å². The molecular formula is C24H18F3NO3. The molecule has 0 aliphatic carbocycles. The highest BCUT2D eigenvalue weighted by atomic mass is 19.4. The van der Waals surface area contributed by atoms with Crippen molar-refractivity contribution in [1.82, 2.24) is 4.98 Å². The van der Waals surface area contributed by atoms with Crippen LogP contribution in [0.2, 0.25) is 0 Å². The number of halogens is 3. The van der Waals surface area contributed by atoms with Gasteiger partial charge in [-0.1, -0.05) is 30.3 Å². The first-order valence-electron chi connectivity index (χ1n) is 9.50. The average molecular weight is 425 g/mol. The number of carbonyl (C=O) groups excluding carboxylic acids is 1. The van der Waals surface area contributed by atoms with E-state index in [2.05, 4.69) is 4.98 Å². The number of esters is 1. The summed E-state index contributed by atoms with van der Waals surface area (Å²) in [6.45, 7) is 1.87. The average Bonchev–Trinajstić information content (AvgIpc) is 3.08. The number of aromatic nitrogens is 1. The van der Waals surface area contributed by atoms with Crippen LogP contribution in [0.3, 0.4) is 0 Å². The molecule has 4 aromatic rings. The molecule has 2 heterocycles. The lowest BCUT2D eigenvalue weighted by molar-refractivity contribution is -0.137. The number of methoxy groups -OCH3 is 1. The Bertz CT molecular complexity index is 1270. The molecule has 0 aliphatic rings. The smallest absolute Gasteiger partial charge is 0.416 e. The van der Waals surface area contributed by atoms with Crippen LogP contribution in [-0.2, 0) is 17.3 Å². The van der Waals surface area contributed by atoms with Crippen LogP contribution in [0.15, 0.2) is 65.2 Å². The summed E-state index contributed by atoms with van der Waals surface area (Å²) in [6, 6.07) is 13.9. The molecular weight excluding hydrogens is 407 g/mol. The molecule has 0 radical (unpaired) electrons. The molecule has 0 N–H and O–H groups in total. The summed E-state index contributed by atoms with van der Waals surface area (Å²) < 4.78 is 50.0. The zero-order valence-electron chi connectivity index (χ0n) is 16.8. The molecule has 4 nitrogen and oxygen atoms in total. The van der Waals surface area contributed by atoms with E-state index in [1.165, 1.54) is 19.4 Å². The quantitative estimate of drug-likeness (QED) is 0.365. The Morgan fingerprint density at radius 2 is 1.87 bits per heavy atom. The molecule has 0 unspecified atom stereocenters. The van der Waals surface area contributed by atoms with Crippen LogP contribution in [0, 0.1) is 6.92 Å². The topological polar surface area (TPSA) is 52.3 Å². The summed E-state index contributed by atoms with van der Waals surface area (Å²) in [5.41, 5.74) is 2.80. The molecule has 0 bridgehead atoms. The van der Waals surface area contributed by atoms with Gasteiger partial charge in [0, 0.05) is 23.6 Å². The summed E-state index contributed by atoms with van der Waals surface area (Å²) in [4.78, 5) is 16.2. The van der Waals surface area contributed by atoms with E-state index in [0.717, 1.165) is 23.1 Å². The normalized spacial score (nSPS) is 11.6. The van der Waals surface area contributed by atoms with Crippen molar-refractivity contribution in [3.05, 3.63) is 88.8 Å². The van der Waals surface area contributed by atoms with Crippen molar-refractivity contribution >= 4 is 16.9 Å². The van der Waals surface area contributed by atoms with E-state index in [9.17, 15) is 18.0 Å². The lowest BCUT2D eigenvalue weighted by atomic mass is 10.0. The van der Waals surface area contributed by atoms with E-state index >= 15 is 0 Å². The zero-order chi connectivity index (χ0) is 22.2. The maximum atomic E-state index is 13.0. The number of ether oxygens (including phenoxy) is 1. The van der Waals surface area contributed by atoms with Gasteiger partial charge >= 0.3 is 12.1 Å². The molecule has 31 heavy (non-hydrogen) atoms. The van der Waals surface area contributed by atoms with E-state index in [1.807, 2.05) is 25.1 Å². The van der Waals surface area contributed by atoms with Crippen molar-refractivity contribution in [3.8, 4) is 11.3 Å². The number of rotatable bonds is 4. The SMILES string of the molecule is COC(=O)c1ccnc(-c2cccc3c(C)c(Cc4cccc(C(F)(F)F)c4)oc23)c1. The number of nitrogens with zero attached hydrogens (tertiary/aromatic N) is 1. The number of fused-ring (bicyclic) bond motifs is 1. The van der Waals surface area contributed by atoms with E-state index < -0.39 is 17.7 Å². The Hall–Kier alpha value is -3.61. The predicted molar refractivity (Wildman–Crippen MR) is 110 cm³/mol. The van der Waals surface area contributed by atoms with Crippen molar-refractivity contribution in [2.75, 3.05) is 7.11 Å². The van der Waals surface area contributed by atoms with Gasteiger partial charge < -0.3 is 9.15 Å². The van der Waals surface area contributed by atoms with Gasteiger partial charge in [-0.05, 0) is 42.3 Å². The Balaban J connectivity index is 1.76. The summed E-state index contributed by atoms with van der Waals surface area (Å²) in [5.74, 6) is 0.0996. The highest BCUT2D eigenvalue weighted by Gasteiger charge is 2.30. The number of aryl methyl sites for hydroxylation is 1. The van der Waals surface area contributed by atoms with Crippen molar-refractivity contribution in [1.29, 1.82) is 0 Å². The first-order chi connectivity index (χ1) is 14.8. The Morgan fingerprint density at radius 1 is 1.10 bits per heavy atom. The number of furan rings is 1. The maximum Gasteiger partial charge on any atom is 0.416 e. The van der Waals surface area contributed by atoms with Crippen molar-refractivity contribution < 1.29 is 27.1 Å². The number of benzene rings is 2. The van der Waals surface area contributed by atoms with E-state index in [0.29, 0.717) is 33.7 Å². The molecule has 0 spiro atoms. The van der Waals surface area contributed by atoms with E-state index in [4.69, 9.17) is 9.15 Å². The molecule has 0 amide bonds. The molecule has 2 aromatic carbocycles. The van der Waals surface area contributed by atoms with E-state index in [1.54, 1.807) is 18.2 Å². The molecule has 0 aliphatic heterocycles. The Kier molecular flexibility index (Phi) is 5.27. The third kappa shape index (κ3) is 4.03. The second-order valence-corrected chi connectivity index (χ2v) is 7.13. The fourth-order valence-corrected chi connectivity index (χ4v) is 3.53. The molecule has 2 aromatic heterocycles. The van der Waals surface area contributed by atoms with Crippen LogP contribution >= 0.6 is 0 Å². The van der Waals surface area contributed by atoms with Crippen molar-refractivity contribution in [2.45, 2.75) is 19.5 Å². The number of pyridine rings is 1. The summed E-state index contributed by atoms with van der Waals surface area (Å²) in [5, 5.41) is 0.838. The van der Waals surface area contributed by atoms with Crippen molar-refractivity contribution in [3.63, 3.8) is 0 Å². The monoisotopic (exact) mass is 425 g/mol. The van der Waals surface area contributed by atoms with Gasteiger partial charge in [-0.2, -0.15) is 13.2 Å². The molecule has 7 heteroatoms. The minimum atomic E-state index is -4.40. The highest BCUT2D eigenvalue weighted by molar-refractivity contribution is 5.96. The van der Waals surface area contributed by atoms with Crippen LogP contribution in [0.1, 0.15) is 32.8 Å². The number of para-hydroxylation sites is 1. The summed E-state index contributed by atoms with van der Waals surface area (Å²) in [6.07, 6.45) is -2.66. The van der Waals surface area contributed by atoms with Gasteiger partial charge in [0.05, 0.1) is 23.9 Å². The first-order valence-corrected chi connectivity index (χ1v) is 9.50. The first kappa shape index (κ1) is 20.7. The van der Waals surface area contributed by atoms with Gasteiger partial charge in [0.2, 0.25) is 0 Å². The Labute approximate surface area is 176 Å². The fourth-order valence-electron chi connectivity index (χ4n) is 3.53. The highest BCUT2D eigenvalue weighted by Crippen LogP contribution is 2.35. The number of carbonyl (C=O) groups is 1. The largest absolute Gasteiger partial charge is 0.465 e. The number of hydrogen-bond donors (Lipinski definition) is 0. The Morgan fingerprint density at radius 3 is 2.61 bits per heavy atom. The minimum Gasteiger partial charge on any atom is -0.465 e. The van der Waals surface area contributed by atoms with Gasteiger partial charge in [-0.25, -0.2) is 4.79 Å². The lowest BCUT2D eigenvalue weighted by Crippen LogP contribution is -2.05. The van der Waals surface area contributed by atoms with Crippen LogP contribution in [-0.4, -0.2) is 18.1 Å². The second kappa shape index (κ2) is 7.91. The summed E-state index contributed by atoms with van der Waals surface area (Å²) >= 11 is 0. The predicted octanol–water partition coefficient (Wildman–Crippen LogP) is 6.20. The molecule has 0 saturated heterocycles. The minimum absolute atomic E-state index is 0.222. The van der Waals surface area contributed by atoms with Gasteiger partial charge in [0.25, 0.3) is 0 Å². The van der Waals surface area contributed by atoms with Crippen LogP contribution < -0.4 is 0 Å². The van der Waals surface area contributed by atoms with Gasteiger partial charge in [-0.3, -0.25) is 4.98 Å². The van der Waals surface area contributed by atoms with E-state index in [-0.39, 0.29) is 6.42 Å². The number of alkyl halides is 3. The zero-order valence-corrected chi connectivity index (χ0v) is 16.8. The lowest BCUT2D eigenvalue weighted by Gasteiger charge is -2.08. The summed E-state index contributed by atoms with van der Waals surface area (Å²) in [7, 11) is 1.30. The standard InChI is InChI=1S/C24H18F3NO3/c1-14-18-7-4-8-19(20-13-16(9-10-28-20)23(29)30-2)22(18)31-21(14)12-15-5-3-6-17(11-15)24(25,26)27/h3-11,13H,12H2,1-2H3. The fraction of sp³-hybridized carbons (Fsp3) is 0.167.